The highest BCUT2D eigenvalue weighted by Gasteiger charge is 2.43. The number of ether oxygens (including phenoxy) is 1. The Hall–Kier alpha value is -2.51. The van der Waals surface area contributed by atoms with Crippen LogP contribution in [0.5, 0.6) is 0 Å². The summed E-state index contributed by atoms with van der Waals surface area (Å²) in [7, 11) is 1.25. The Morgan fingerprint density at radius 3 is 2.15 bits per heavy atom. The molecule has 2 rings (SSSR count). The number of esters is 1. The third kappa shape index (κ3) is 4.17. The molecule has 142 valence electrons. The van der Waals surface area contributed by atoms with E-state index in [1.807, 2.05) is 13.8 Å². The van der Waals surface area contributed by atoms with E-state index in [2.05, 4.69) is 20.0 Å². The second kappa shape index (κ2) is 8.73. The van der Waals surface area contributed by atoms with E-state index in [1.54, 1.807) is 4.90 Å². The van der Waals surface area contributed by atoms with Crippen LogP contribution in [0, 0.1) is 0 Å². The highest BCUT2D eigenvalue weighted by Crippen LogP contribution is 2.30. The Morgan fingerprint density at radius 2 is 1.65 bits per heavy atom. The highest BCUT2D eigenvalue weighted by atomic mass is 16.5. The second-order valence-electron chi connectivity index (χ2n) is 6.35. The molecule has 1 aromatic rings. The van der Waals surface area contributed by atoms with E-state index >= 15 is 0 Å². The van der Waals surface area contributed by atoms with Gasteiger partial charge in [-0.15, -0.1) is 0 Å². The van der Waals surface area contributed by atoms with Crippen molar-refractivity contribution < 1.29 is 19.1 Å². The summed E-state index contributed by atoms with van der Waals surface area (Å²) in [5.74, 6) is -1.13. The van der Waals surface area contributed by atoms with E-state index in [1.165, 1.54) is 19.5 Å². The molecule has 1 saturated carbocycles. The standard InChI is InChI=1S/C18H26N4O4/c1-4-22(5-2)17(25)18(9-7-6-8-10-18)21-15(23)13-11-20-14(12-19-13)16(24)26-3/h11-12H,4-10H2,1-3H3,(H,21,23). The first-order valence-electron chi connectivity index (χ1n) is 8.99. The fourth-order valence-electron chi connectivity index (χ4n) is 3.30. The van der Waals surface area contributed by atoms with Crippen LogP contribution in [0.4, 0.5) is 0 Å². The number of nitrogens with zero attached hydrogens (tertiary/aromatic N) is 3. The number of likely N-dealkylation sites (N-methyl/N-ethyl adjacent to an activating group) is 1. The fraction of sp³-hybridized carbons (Fsp3) is 0.611. The number of hydrogen-bond acceptors (Lipinski definition) is 6. The largest absolute Gasteiger partial charge is 0.464 e. The molecule has 1 fully saturated rings. The number of rotatable bonds is 6. The smallest absolute Gasteiger partial charge is 0.358 e. The molecule has 0 radical (unpaired) electrons. The number of amides is 2. The summed E-state index contributed by atoms with van der Waals surface area (Å²) in [4.78, 5) is 46.8. The van der Waals surface area contributed by atoms with Crippen molar-refractivity contribution in [2.24, 2.45) is 0 Å². The predicted molar refractivity (Wildman–Crippen MR) is 94.6 cm³/mol. The number of carbonyl (C=O) groups is 3. The lowest BCUT2D eigenvalue weighted by atomic mass is 9.80. The minimum atomic E-state index is -0.899. The monoisotopic (exact) mass is 362 g/mol. The average molecular weight is 362 g/mol. The fourth-order valence-corrected chi connectivity index (χ4v) is 3.30. The first-order chi connectivity index (χ1) is 12.5. The summed E-state index contributed by atoms with van der Waals surface area (Å²) in [5, 5.41) is 2.91. The van der Waals surface area contributed by atoms with Gasteiger partial charge in [0.25, 0.3) is 5.91 Å². The van der Waals surface area contributed by atoms with Crippen LogP contribution in [-0.2, 0) is 9.53 Å². The van der Waals surface area contributed by atoms with Crippen molar-refractivity contribution >= 4 is 17.8 Å². The highest BCUT2D eigenvalue weighted by molar-refractivity contribution is 5.98. The van der Waals surface area contributed by atoms with Gasteiger partial charge in [-0.1, -0.05) is 19.3 Å². The molecule has 0 spiro atoms. The molecule has 1 aliphatic carbocycles. The Labute approximate surface area is 153 Å². The Kier molecular flexibility index (Phi) is 6.65. The number of aromatic nitrogens is 2. The molecule has 8 nitrogen and oxygen atoms in total. The van der Waals surface area contributed by atoms with Crippen LogP contribution in [0.1, 0.15) is 66.9 Å². The Morgan fingerprint density at radius 1 is 1.08 bits per heavy atom. The van der Waals surface area contributed by atoms with Gasteiger partial charge in [-0.05, 0) is 26.7 Å². The maximum absolute atomic E-state index is 13.0. The zero-order chi connectivity index (χ0) is 19.2. The molecule has 0 aromatic carbocycles. The van der Waals surface area contributed by atoms with Gasteiger partial charge in [-0.2, -0.15) is 0 Å². The van der Waals surface area contributed by atoms with Crippen molar-refractivity contribution in [3.63, 3.8) is 0 Å². The van der Waals surface area contributed by atoms with Crippen molar-refractivity contribution in [1.82, 2.24) is 20.2 Å². The van der Waals surface area contributed by atoms with Crippen LogP contribution in [0.25, 0.3) is 0 Å². The van der Waals surface area contributed by atoms with E-state index in [4.69, 9.17) is 0 Å². The molecule has 0 saturated heterocycles. The number of carbonyl (C=O) groups excluding carboxylic acids is 3. The molecule has 2 amide bonds. The number of methoxy groups -OCH3 is 1. The van der Waals surface area contributed by atoms with Gasteiger partial charge in [0.05, 0.1) is 19.5 Å². The molecule has 0 aliphatic heterocycles. The van der Waals surface area contributed by atoms with Crippen molar-refractivity contribution in [2.45, 2.75) is 51.5 Å². The summed E-state index contributed by atoms with van der Waals surface area (Å²) in [6, 6.07) is 0. The van der Waals surface area contributed by atoms with Crippen LogP contribution in [0.15, 0.2) is 12.4 Å². The van der Waals surface area contributed by atoms with Crippen molar-refractivity contribution in [2.75, 3.05) is 20.2 Å². The molecule has 1 heterocycles. The lowest BCUT2D eigenvalue weighted by molar-refractivity contribution is -0.139. The molecule has 0 bridgehead atoms. The first kappa shape index (κ1) is 19.8. The molecule has 0 unspecified atom stereocenters. The summed E-state index contributed by atoms with van der Waals surface area (Å²) in [6.45, 7) is 5.05. The summed E-state index contributed by atoms with van der Waals surface area (Å²) in [6.07, 6.45) is 6.47. The van der Waals surface area contributed by atoms with E-state index in [9.17, 15) is 14.4 Å². The molecule has 1 N–H and O–H groups in total. The van der Waals surface area contributed by atoms with Gasteiger partial charge in [-0.3, -0.25) is 9.59 Å². The zero-order valence-electron chi connectivity index (χ0n) is 15.6. The third-order valence-electron chi connectivity index (χ3n) is 4.80. The van der Waals surface area contributed by atoms with Crippen LogP contribution >= 0.6 is 0 Å². The molecular weight excluding hydrogens is 336 g/mol. The topological polar surface area (TPSA) is 101 Å². The summed E-state index contributed by atoms with van der Waals surface area (Å²) >= 11 is 0. The molecule has 1 aliphatic rings. The predicted octanol–water partition coefficient (Wildman–Crippen LogP) is 1.56. The molecule has 8 heteroatoms. The van der Waals surface area contributed by atoms with Crippen LogP contribution in [0.3, 0.4) is 0 Å². The quantitative estimate of drug-likeness (QED) is 0.771. The molecular formula is C18H26N4O4. The van der Waals surface area contributed by atoms with Gasteiger partial charge in [0.2, 0.25) is 5.91 Å². The molecule has 26 heavy (non-hydrogen) atoms. The Balaban J connectivity index is 2.21. The van der Waals surface area contributed by atoms with Gasteiger partial charge >= 0.3 is 5.97 Å². The van der Waals surface area contributed by atoms with Crippen molar-refractivity contribution in [1.29, 1.82) is 0 Å². The SMILES string of the molecule is CCN(CC)C(=O)C1(NC(=O)c2cnc(C(=O)OC)cn2)CCCCC1. The first-order valence-corrected chi connectivity index (χ1v) is 8.99. The number of nitrogens with one attached hydrogen (secondary N) is 1. The molecule has 0 atom stereocenters. The van der Waals surface area contributed by atoms with E-state index in [0.29, 0.717) is 25.9 Å². The Bertz CT molecular complexity index is 650. The van der Waals surface area contributed by atoms with Crippen molar-refractivity contribution in [3.05, 3.63) is 23.8 Å². The summed E-state index contributed by atoms with van der Waals surface area (Å²) < 4.78 is 4.56. The zero-order valence-corrected chi connectivity index (χ0v) is 15.6. The van der Waals surface area contributed by atoms with Gasteiger partial charge in [0.15, 0.2) is 5.69 Å². The minimum Gasteiger partial charge on any atom is -0.464 e. The maximum atomic E-state index is 13.0. The van der Waals surface area contributed by atoms with Gasteiger partial charge in [0, 0.05) is 13.1 Å². The summed E-state index contributed by atoms with van der Waals surface area (Å²) in [5.41, 5.74) is -0.810. The van der Waals surface area contributed by atoms with Gasteiger partial charge in [-0.25, -0.2) is 14.8 Å². The second-order valence-corrected chi connectivity index (χ2v) is 6.35. The number of hydrogen-bond donors (Lipinski definition) is 1. The molecule has 1 aromatic heterocycles. The van der Waals surface area contributed by atoms with Crippen molar-refractivity contribution in [3.8, 4) is 0 Å². The lowest BCUT2D eigenvalue weighted by Crippen LogP contribution is -2.60. The lowest BCUT2D eigenvalue weighted by Gasteiger charge is -2.39. The van der Waals surface area contributed by atoms with E-state index in [-0.39, 0.29) is 17.3 Å². The van der Waals surface area contributed by atoms with E-state index < -0.39 is 17.4 Å². The average Bonchev–Trinajstić information content (AvgIpc) is 2.69. The van der Waals surface area contributed by atoms with Crippen LogP contribution < -0.4 is 5.32 Å². The van der Waals surface area contributed by atoms with E-state index in [0.717, 1.165) is 19.3 Å². The van der Waals surface area contributed by atoms with Gasteiger partial charge in [0.1, 0.15) is 11.2 Å². The minimum absolute atomic E-state index is 0.0237. The normalized spacial score (nSPS) is 15.8. The van der Waals surface area contributed by atoms with Gasteiger partial charge < -0.3 is 15.0 Å². The maximum Gasteiger partial charge on any atom is 0.358 e. The van der Waals surface area contributed by atoms with Crippen LogP contribution in [0.2, 0.25) is 0 Å². The third-order valence-corrected chi connectivity index (χ3v) is 4.80. The van der Waals surface area contributed by atoms with Crippen LogP contribution in [-0.4, -0.2) is 58.4 Å².